The lowest BCUT2D eigenvalue weighted by Gasteiger charge is -2.15. The molecule has 3 N–H and O–H groups in total. The van der Waals surface area contributed by atoms with Crippen LogP contribution in [-0.2, 0) is 16.0 Å². The Balaban J connectivity index is 2.31. The van der Waals surface area contributed by atoms with Crippen LogP contribution >= 0.6 is 0 Å². The average molecular weight is 361 g/mol. The first kappa shape index (κ1) is 19.5. The van der Waals surface area contributed by atoms with E-state index in [-0.39, 0.29) is 23.3 Å². The summed E-state index contributed by atoms with van der Waals surface area (Å²) in [6.45, 7) is 5.32. The number of amides is 1. The third-order valence-electron chi connectivity index (χ3n) is 4.32. The summed E-state index contributed by atoms with van der Waals surface area (Å²) in [5.41, 5.74) is 0.873. The van der Waals surface area contributed by atoms with E-state index in [0.29, 0.717) is 23.8 Å². The van der Waals surface area contributed by atoms with Crippen molar-refractivity contribution in [2.45, 2.75) is 52.5 Å². The summed E-state index contributed by atoms with van der Waals surface area (Å²) in [6.07, 6.45) is 1.49. The summed E-state index contributed by atoms with van der Waals surface area (Å²) >= 11 is 0. The fourth-order valence-electron chi connectivity index (χ4n) is 2.93. The van der Waals surface area contributed by atoms with Gasteiger partial charge in [-0.1, -0.05) is 19.8 Å². The summed E-state index contributed by atoms with van der Waals surface area (Å²) in [7, 11) is 0. The van der Waals surface area contributed by atoms with Crippen LogP contribution in [0.1, 0.15) is 42.9 Å². The molecule has 140 valence electrons. The van der Waals surface area contributed by atoms with E-state index in [0.717, 1.165) is 12.0 Å². The minimum absolute atomic E-state index is 0.0331. The first-order valence-electron chi connectivity index (χ1n) is 8.52. The molecule has 2 rings (SSSR count). The van der Waals surface area contributed by atoms with Crippen LogP contribution in [0, 0.1) is 13.8 Å². The van der Waals surface area contributed by atoms with Gasteiger partial charge in [-0.2, -0.15) is 0 Å². The fourth-order valence-corrected chi connectivity index (χ4v) is 2.93. The zero-order chi connectivity index (χ0) is 19.4. The zero-order valence-electron chi connectivity index (χ0n) is 15.1. The van der Waals surface area contributed by atoms with E-state index in [2.05, 4.69) is 5.32 Å². The smallest absolute Gasteiger partial charge is 0.340 e. The fraction of sp³-hybridized carbons (Fsp3) is 0.421. The number of aromatic hydroxyl groups is 1. The maximum absolute atomic E-state index is 12.3. The molecular formula is C19H23NO6. The van der Waals surface area contributed by atoms with E-state index in [4.69, 9.17) is 4.42 Å². The molecule has 2 aromatic rings. The minimum Gasteiger partial charge on any atom is -0.507 e. The highest BCUT2D eigenvalue weighted by molar-refractivity contribution is 5.90. The first-order chi connectivity index (χ1) is 12.2. The van der Waals surface area contributed by atoms with Gasteiger partial charge in [-0.3, -0.25) is 4.79 Å². The number of carboxylic acids is 1. The lowest BCUT2D eigenvalue weighted by molar-refractivity contribution is -0.142. The SMILES string of the molecule is CCCC[C@H](NC(=O)Cc1c(C)c2c(O)cc(C)cc2oc1=O)C(=O)O. The topological polar surface area (TPSA) is 117 Å². The Hall–Kier alpha value is -2.83. The van der Waals surface area contributed by atoms with Gasteiger partial charge in [0.2, 0.25) is 5.91 Å². The van der Waals surface area contributed by atoms with E-state index >= 15 is 0 Å². The highest BCUT2D eigenvalue weighted by Crippen LogP contribution is 2.29. The molecule has 0 fully saturated rings. The average Bonchev–Trinajstić information content (AvgIpc) is 2.54. The van der Waals surface area contributed by atoms with Gasteiger partial charge in [-0.15, -0.1) is 0 Å². The van der Waals surface area contributed by atoms with E-state index in [1.54, 1.807) is 26.0 Å². The van der Waals surface area contributed by atoms with Crippen molar-refractivity contribution < 1.29 is 24.2 Å². The van der Waals surface area contributed by atoms with Crippen LogP contribution in [0.5, 0.6) is 5.75 Å². The van der Waals surface area contributed by atoms with Crippen molar-refractivity contribution in [1.82, 2.24) is 5.32 Å². The van der Waals surface area contributed by atoms with Crippen molar-refractivity contribution >= 4 is 22.8 Å². The number of phenols is 1. The Morgan fingerprint density at radius 3 is 2.58 bits per heavy atom. The monoisotopic (exact) mass is 361 g/mol. The van der Waals surface area contributed by atoms with E-state index in [1.165, 1.54) is 0 Å². The van der Waals surface area contributed by atoms with Gasteiger partial charge in [-0.25, -0.2) is 9.59 Å². The van der Waals surface area contributed by atoms with Gasteiger partial charge in [0, 0.05) is 0 Å². The first-order valence-corrected chi connectivity index (χ1v) is 8.52. The molecule has 26 heavy (non-hydrogen) atoms. The molecule has 0 aliphatic rings. The van der Waals surface area contributed by atoms with Gasteiger partial charge in [0.05, 0.1) is 17.4 Å². The standard InChI is InChI=1S/C19H23NO6/c1-4-5-6-13(18(23)24)20-16(22)9-12-11(3)17-14(21)7-10(2)8-15(17)26-19(12)25/h7-8,13,21H,4-6,9H2,1-3H3,(H,20,22)(H,23,24)/t13-/m0/s1. The Morgan fingerprint density at radius 2 is 1.96 bits per heavy atom. The third kappa shape index (κ3) is 4.22. The third-order valence-corrected chi connectivity index (χ3v) is 4.32. The largest absolute Gasteiger partial charge is 0.507 e. The molecule has 7 heteroatoms. The number of fused-ring (bicyclic) bond motifs is 1. The molecule has 1 atom stereocenters. The van der Waals surface area contributed by atoms with Crippen molar-refractivity contribution in [3.63, 3.8) is 0 Å². The number of phenolic OH excluding ortho intramolecular Hbond substituents is 1. The number of nitrogens with one attached hydrogen (secondary N) is 1. The van der Waals surface area contributed by atoms with Crippen molar-refractivity contribution in [2.75, 3.05) is 0 Å². The molecule has 0 unspecified atom stereocenters. The summed E-state index contributed by atoms with van der Waals surface area (Å²) in [5.74, 6) is -1.72. The van der Waals surface area contributed by atoms with Crippen molar-refractivity contribution in [3.8, 4) is 5.75 Å². The van der Waals surface area contributed by atoms with Crippen molar-refractivity contribution in [2.24, 2.45) is 0 Å². The summed E-state index contributed by atoms with van der Waals surface area (Å²) < 4.78 is 5.24. The van der Waals surface area contributed by atoms with Gasteiger partial charge in [0.15, 0.2) is 0 Å². The normalized spacial score (nSPS) is 12.1. The molecule has 0 saturated carbocycles. The highest BCUT2D eigenvalue weighted by atomic mass is 16.4. The second-order valence-electron chi connectivity index (χ2n) is 6.43. The summed E-state index contributed by atoms with van der Waals surface area (Å²) in [5, 5.41) is 22.2. The van der Waals surface area contributed by atoms with Crippen molar-refractivity contribution in [1.29, 1.82) is 0 Å². The predicted molar refractivity (Wildman–Crippen MR) is 96.4 cm³/mol. The van der Waals surface area contributed by atoms with E-state index in [9.17, 15) is 24.6 Å². The minimum atomic E-state index is -1.11. The predicted octanol–water partition coefficient (Wildman–Crippen LogP) is 2.42. The number of carboxylic acid groups (broad SMARTS) is 1. The summed E-state index contributed by atoms with van der Waals surface area (Å²) in [4.78, 5) is 35.8. The molecule has 0 bridgehead atoms. The number of carbonyl (C=O) groups excluding carboxylic acids is 1. The molecule has 1 heterocycles. The van der Waals surface area contributed by atoms with Crippen LogP contribution < -0.4 is 10.9 Å². The molecule has 1 amide bonds. The van der Waals surface area contributed by atoms with E-state index < -0.39 is 23.5 Å². The molecule has 1 aromatic heterocycles. The molecule has 0 saturated heterocycles. The lowest BCUT2D eigenvalue weighted by atomic mass is 10.0. The Bertz CT molecular complexity index is 899. The van der Waals surface area contributed by atoms with Gasteiger partial charge in [0.25, 0.3) is 0 Å². The second kappa shape index (κ2) is 8.03. The molecular weight excluding hydrogens is 338 g/mol. The number of unbranched alkanes of at least 4 members (excludes halogenated alkanes) is 1. The molecule has 0 aliphatic heterocycles. The van der Waals surface area contributed by atoms with Gasteiger partial charge < -0.3 is 19.9 Å². The molecule has 7 nitrogen and oxygen atoms in total. The van der Waals surface area contributed by atoms with Crippen LogP contribution in [0.15, 0.2) is 21.3 Å². The quantitative estimate of drug-likeness (QED) is 0.652. The molecule has 1 aromatic carbocycles. The van der Waals surface area contributed by atoms with E-state index in [1.807, 2.05) is 6.92 Å². The van der Waals surface area contributed by atoms with Gasteiger partial charge in [-0.05, 0) is 43.5 Å². The number of aliphatic carboxylic acids is 1. The number of hydrogen-bond acceptors (Lipinski definition) is 5. The van der Waals surface area contributed by atoms with Crippen LogP contribution in [0.4, 0.5) is 0 Å². The van der Waals surface area contributed by atoms with Crippen LogP contribution in [0.25, 0.3) is 11.0 Å². The number of hydrogen-bond donors (Lipinski definition) is 3. The van der Waals surface area contributed by atoms with Gasteiger partial charge >= 0.3 is 11.6 Å². The summed E-state index contributed by atoms with van der Waals surface area (Å²) in [6, 6.07) is 2.19. The number of carbonyl (C=O) groups is 2. The number of aryl methyl sites for hydroxylation is 2. The Kier molecular flexibility index (Phi) is 6.02. The van der Waals surface area contributed by atoms with Crippen LogP contribution in [-0.4, -0.2) is 28.1 Å². The molecule has 0 radical (unpaired) electrons. The molecule has 0 aliphatic carbocycles. The van der Waals surface area contributed by atoms with Crippen LogP contribution in [0.2, 0.25) is 0 Å². The number of rotatable bonds is 7. The maximum Gasteiger partial charge on any atom is 0.340 e. The Labute approximate surface area is 150 Å². The zero-order valence-corrected chi connectivity index (χ0v) is 15.1. The highest BCUT2D eigenvalue weighted by Gasteiger charge is 2.22. The Morgan fingerprint density at radius 1 is 1.27 bits per heavy atom. The van der Waals surface area contributed by atoms with Crippen LogP contribution in [0.3, 0.4) is 0 Å². The maximum atomic E-state index is 12.3. The molecule has 0 spiro atoms. The lowest BCUT2D eigenvalue weighted by Crippen LogP contribution is -2.42. The van der Waals surface area contributed by atoms with Gasteiger partial charge in [0.1, 0.15) is 17.4 Å². The second-order valence-corrected chi connectivity index (χ2v) is 6.43. The van der Waals surface area contributed by atoms with Crippen molar-refractivity contribution in [3.05, 3.63) is 39.2 Å². The number of benzene rings is 1.